The largest absolute Gasteiger partial charge is 0.338 e. The topological polar surface area (TPSA) is 54.5 Å². The summed E-state index contributed by atoms with van der Waals surface area (Å²) in [5, 5.41) is 0. The third-order valence-electron chi connectivity index (χ3n) is 4.20. The molecule has 5 heteroatoms. The second-order valence-corrected chi connectivity index (χ2v) is 7.87. The molecule has 2 aromatic carbocycles. The fourth-order valence-corrected chi connectivity index (χ4v) is 3.94. The molecule has 2 aromatic rings. The maximum absolute atomic E-state index is 12.6. The van der Waals surface area contributed by atoms with Gasteiger partial charge in [-0.05, 0) is 29.2 Å². The van der Waals surface area contributed by atoms with Gasteiger partial charge in [-0.2, -0.15) is 0 Å². The minimum Gasteiger partial charge on any atom is -0.338 e. The van der Waals surface area contributed by atoms with Crippen LogP contribution in [0.2, 0.25) is 0 Å². The van der Waals surface area contributed by atoms with Gasteiger partial charge in [0.15, 0.2) is 9.84 Å². The number of carbonyl (C=O) groups excluding carboxylic acids is 1. The molecule has 4 nitrogen and oxygen atoms in total. The van der Waals surface area contributed by atoms with Gasteiger partial charge in [-0.1, -0.05) is 42.5 Å². The lowest BCUT2D eigenvalue weighted by molar-refractivity contribution is -0.131. The van der Waals surface area contributed by atoms with Gasteiger partial charge in [-0.15, -0.1) is 0 Å². The highest BCUT2D eigenvalue weighted by molar-refractivity contribution is 7.90. The molecule has 0 aliphatic carbocycles. The minimum absolute atomic E-state index is 0.0318. The van der Waals surface area contributed by atoms with Crippen molar-refractivity contribution in [2.24, 2.45) is 0 Å². The molecule has 0 radical (unpaired) electrons. The van der Waals surface area contributed by atoms with Gasteiger partial charge in [0.1, 0.15) is 0 Å². The van der Waals surface area contributed by atoms with Crippen molar-refractivity contribution < 1.29 is 13.2 Å². The Morgan fingerprint density at radius 1 is 1.04 bits per heavy atom. The minimum atomic E-state index is -3.33. The average molecular weight is 329 g/mol. The van der Waals surface area contributed by atoms with E-state index in [2.05, 4.69) is 6.07 Å². The molecule has 1 aliphatic rings. The van der Waals surface area contributed by atoms with Gasteiger partial charge in [-0.3, -0.25) is 4.79 Å². The fraction of sp³-hybridized carbons (Fsp3) is 0.278. The molecular formula is C18H19NO3S. The Labute approximate surface area is 136 Å². The van der Waals surface area contributed by atoms with E-state index in [0.29, 0.717) is 18.7 Å². The van der Waals surface area contributed by atoms with Gasteiger partial charge >= 0.3 is 0 Å². The fourth-order valence-electron chi connectivity index (χ4n) is 2.99. The normalized spacial score (nSPS) is 14.4. The average Bonchev–Trinajstić information content (AvgIpc) is 2.54. The first-order valence-electron chi connectivity index (χ1n) is 7.57. The smallest absolute Gasteiger partial charge is 0.227 e. The monoisotopic (exact) mass is 329 g/mol. The molecule has 0 saturated heterocycles. The van der Waals surface area contributed by atoms with Gasteiger partial charge < -0.3 is 4.90 Å². The number of fused-ring (bicyclic) bond motifs is 1. The molecule has 1 heterocycles. The Hall–Kier alpha value is -2.14. The van der Waals surface area contributed by atoms with Crippen LogP contribution in [0.15, 0.2) is 53.4 Å². The predicted octanol–water partition coefficient (Wildman–Crippen LogP) is 2.22. The summed E-state index contributed by atoms with van der Waals surface area (Å²) in [5.41, 5.74) is 3.02. The number of benzene rings is 2. The van der Waals surface area contributed by atoms with Gasteiger partial charge in [0, 0.05) is 19.3 Å². The van der Waals surface area contributed by atoms with E-state index in [1.54, 1.807) is 29.2 Å². The van der Waals surface area contributed by atoms with E-state index in [-0.39, 0.29) is 17.2 Å². The lowest BCUT2D eigenvalue weighted by Crippen LogP contribution is -2.37. The summed E-state index contributed by atoms with van der Waals surface area (Å²) in [6.45, 7) is 1.27. The molecule has 0 N–H and O–H groups in total. The van der Waals surface area contributed by atoms with Gasteiger partial charge in [-0.25, -0.2) is 8.42 Å². The summed E-state index contributed by atoms with van der Waals surface area (Å²) >= 11 is 0. The zero-order chi connectivity index (χ0) is 16.4. The summed E-state index contributed by atoms with van der Waals surface area (Å²) in [5.74, 6) is -0.0318. The summed E-state index contributed by atoms with van der Waals surface area (Å²) < 4.78 is 23.7. The number of hydrogen-bond donors (Lipinski definition) is 0. The molecule has 0 unspecified atom stereocenters. The number of carbonyl (C=O) groups is 1. The highest BCUT2D eigenvalue weighted by atomic mass is 32.2. The Morgan fingerprint density at radius 2 is 1.70 bits per heavy atom. The van der Waals surface area contributed by atoms with Crippen LogP contribution in [-0.4, -0.2) is 32.0 Å². The molecule has 3 rings (SSSR count). The number of nitrogens with zero attached hydrogens (tertiary/aromatic N) is 1. The maximum atomic E-state index is 12.6. The van der Waals surface area contributed by atoms with Crippen molar-refractivity contribution in [2.45, 2.75) is 24.3 Å². The van der Waals surface area contributed by atoms with E-state index in [4.69, 9.17) is 0 Å². The van der Waals surface area contributed by atoms with Crippen LogP contribution in [0.1, 0.15) is 16.7 Å². The molecular weight excluding hydrogens is 310 g/mol. The van der Waals surface area contributed by atoms with Crippen LogP contribution in [0.4, 0.5) is 0 Å². The van der Waals surface area contributed by atoms with Crippen molar-refractivity contribution in [3.05, 3.63) is 65.2 Å². The quantitative estimate of drug-likeness (QED) is 0.867. The number of sulfone groups is 1. The Kier molecular flexibility index (Phi) is 4.22. The first-order valence-corrected chi connectivity index (χ1v) is 9.47. The van der Waals surface area contributed by atoms with Crippen LogP contribution >= 0.6 is 0 Å². The van der Waals surface area contributed by atoms with Crippen molar-refractivity contribution in [1.29, 1.82) is 0 Å². The summed E-state index contributed by atoms with van der Waals surface area (Å²) in [6, 6.07) is 14.8. The first kappa shape index (κ1) is 15.7. The highest BCUT2D eigenvalue weighted by Crippen LogP contribution is 2.21. The van der Waals surface area contributed by atoms with E-state index in [1.165, 1.54) is 17.4 Å². The van der Waals surface area contributed by atoms with Crippen LogP contribution < -0.4 is 0 Å². The van der Waals surface area contributed by atoms with E-state index in [0.717, 1.165) is 6.42 Å². The van der Waals surface area contributed by atoms with Crippen molar-refractivity contribution in [2.75, 3.05) is 12.8 Å². The highest BCUT2D eigenvalue weighted by Gasteiger charge is 2.22. The number of rotatable bonds is 3. The molecule has 120 valence electrons. The van der Waals surface area contributed by atoms with Crippen LogP contribution in [0.3, 0.4) is 0 Å². The Morgan fingerprint density at radius 3 is 2.43 bits per heavy atom. The third kappa shape index (κ3) is 3.45. The first-order chi connectivity index (χ1) is 10.9. The summed E-state index contributed by atoms with van der Waals surface area (Å²) in [6.07, 6.45) is 2.13. The molecule has 0 atom stereocenters. The zero-order valence-corrected chi connectivity index (χ0v) is 13.8. The standard InChI is InChI=1S/C18H19NO3S/c1-23(21,22)17-9-5-4-7-15(17)12-18(20)19-11-10-14-6-2-3-8-16(14)13-19/h2-9H,10-13H2,1H3. The van der Waals surface area contributed by atoms with Crippen LogP contribution in [-0.2, 0) is 34.0 Å². The van der Waals surface area contributed by atoms with E-state index >= 15 is 0 Å². The number of amides is 1. The van der Waals surface area contributed by atoms with Gasteiger partial charge in [0.2, 0.25) is 5.91 Å². The lowest BCUT2D eigenvalue weighted by Gasteiger charge is -2.29. The van der Waals surface area contributed by atoms with Crippen molar-refractivity contribution in [1.82, 2.24) is 4.90 Å². The van der Waals surface area contributed by atoms with Crippen molar-refractivity contribution >= 4 is 15.7 Å². The third-order valence-corrected chi connectivity index (χ3v) is 5.39. The second kappa shape index (κ2) is 6.16. The number of hydrogen-bond acceptors (Lipinski definition) is 3. The molecule has 0 spiro atoms. The molecule has 0 bridgehead atoms. The summed E-state index contributed by atoms with van der Waals surface area (Å²) in [7, 11) is -3.33. The molecule has 1 aliphatic heterocycles. The predicted molar refractivity (Wildman–Crippen MR) is 88.8 cm³/mol. The molecule has 0 saturated carbocycles. The van der Waals surface area contributed by atoms with E-state index < -0.39 is 9.84 Å². The van der Waals surface area contributed by atoms with Crippen molar-refractivity contribution in [3.8, 4) is 0 Å². The molecule has 0 fully saturated rings. The molecule has 1 amide bonds. The lowest BCUT2D eigenvalue weighted by atomic mass is 9.99. The van der Waals surface area contributed by atoms with E-state index in [1.807, 2.05) is 18.2 Å². The van der Waals surface area contributed by atoms with Crippen LogP contribution in [0, 0.1) is 0 Å². The van der Waals surface area contributed by atoms with E-state index in [9.17, 15) is 13.2 Å². The van der Waals surface area contributed by atoms with Crippen LogP contribution in [0.25, 0.3) is 0 Å². The van der Waals surface area contributed by atoms with Crippen LogP contribution in [0.5, 0.6) is 0 Å². The molecule has 0 aromatic heterocycles. The SMILES string of the molecule is CS(=O)(=O)c1ccccc1CC(=O)N1CCc2ccccc2C1. The summed E-state index contributed by atoms with van der Waals surface area (Å²) in [4.78, 5) is 14.6. The maximum Gasteiger partial charge on any atom is 0.227 e. The van der Waals surface area contributed by atoms with Gasteiger partial charge in [0.25, 0.3) is 0 Å². The zero-order valence-electron chi connectivity index (χ0n) is 13.0. The Balaban J connectivity index is 1.79. The van der Waals surface area contributed by atoms with Gasteiger partial charge in [0.05, 0.1) is 11.3 Å². The Bertz CT molecular complexity index is 843. The second-order valence-electron chi connectivity index (χ2n) is 5.89. The molecule has 23 heavy (non-hydrogen) atoms. The van der Waals surface area contributed by atoms with Crippen molar-refractivity contribution in [3.63, 3.8) is 0 Å².